The smallest absolute Gasteiger partial charge is 0.261 e. The second-order valence-corrected chi connectivity index (χ2v) is 13.5. The van der Waals surface area contributed by atoms with E-state index in [4.69, 9.17) is 34.8 Å². The number of hydrogen-bond acceptors (Lipinski definition) is 5. The molecule has 0 saturated heterocycles. The van der Waals surface area contributed by atoms with Crippen LogP contribution in [0.25, 0.3) is 0 Å². The largest absolute Gasteiger partial charge is 0.322 e. The quantitative estimate of drug-likeness (QED) is 0.213. The fraction of sp³-hybridized carbons (Fsp3) is 0.0741. The van der Waals surface area contributed by atoms with Crippen LogP contribution in [0.4, 0.5) is 17.1 Å². The maximum atomic E-state index is 12.8. The van der Waals surface area contributed by atoms with E-state index in [1.165, 1.54) is 46.8 Å². The number of carbonyl (C=O) groups excluding carboxylic acids is 1. The summed E-state index contributed by atoms with van der Waals surface area (Å²) < 4.78 is 53.9. The maximum Gasteiger partial charge on any atom is 0.261 e. The predicted molar refractivity (Wildman–Crippen MR) is 161 cm³/mol. The molecule has 0 saturated carbocycles. The van der Waals surface area contributed by atoms with Gasteiger partial charge in [0.05, 0.1) is 34.1 Å². The second-order valence-electron chi connectivity index (χ2n) is 8.65. The highest BCUT2D eigenvalue weighted by molar-refractivity contribution is 7.92. The van der Waals surface area contributed by atoms with Crippen molar-refractivity contribution in [1.29, 1.82) is 0 Å². The van der Waals surface area contributed by atoms with E-state index in [1.54, 1.807) is 48.5 Å². The SMILES string of the molecule is CS(=O)(=O)N(Cc1ccc(C(=O)Nc2ccc(S(=O)(=O)Nc3ccc(Cl)cc3Cl)cc2)cc1)c1cccc(Cl)c1. The first-order valence-corrected chi connectivity index (χ1v) is 16.0. The summed E-state index contributed by atoms with van der Waals surface area (Å²) in [7, 11) is -7.54. The van der Waals surface area contributed by atoms with Crippen LogP contribution in [0, 0.1) is 0 Å². The lowest BCUT2D eigenvalue weighted by Gasteiger charge is -2.22. The van der Waals surface area contributed by atoms with Crippen molar-refractivity contribution in [3.05, 3.63) is 117 Å². The molecule has 0 atom stereocenters. The van der Waals surface area contributed by atoms with Crippen molar-refractivity contribution in [2.45, 2.75) is 11.4 Å². The average molecular weight is 639 g/mol. The first kappa shape index (κ1) is 29.7. The minimum absolute atomic E-state index is 0.0315. The first-order chi connectivity index (χ1) is 18.8. The first-order valence-electron chi connectivity index (χ1n) is 11.5. The Kier molecular flexibility index (Phi) is 8.96. The van der Waals surface area contributed by atoms with Crippen LogP contribution >= 0.6 is 34.8 Å². The molecular formula is C27H22Cl3N3O5S2. The van der Waals surface area contributed by atoms with Crippen LogP contribution in [0.15, 0.2) is 95.9 Å². The van der Waals surface area contributed by atoms with Gasteiger partial charge < -0.3 is 5.32 Å². The molecule has 0 aromatic heterocycles. The number of rotatable bonds is 9. The van der Waals surface area contributed by atoms with E-state index in [2.05, 4.69) is 10.0 Å². The van der Waals surface area contributed by atoms with E-state index in [9.17, 15) is 21.6 Å². The van der Waals surface area contributed by atoms with Crippen molar-refractivity contribution in [3.8, 4) is 0 Å². The standard InChI is InChI=1S/C27H22Cl3N3O5S2/c1-39(35,36)33(23-4-2-3-20(28)15-23)17-18-5-7-19(8-6-18)27(34)31-22-10-12-24(13-11-22)40(37,38)32-26-14-9-21(29)16-25(26)30/h2-16,32H,17H2,1H3,(H,31,34). The Morgan fingerprint density at radius 3 is 2.05 bits per heavy atom. The third-order valence-corrected chi connectivity index (χ3v) is 8.94. The molecule has 0 unspecified atom stereocenters. The number of nitrogens with one attached hydrogen (secondary N) is 2. The fourth-order valence-electron chi connectivity index (χ4n) is 3.66. The van der Waals surface area contributed by atoms with Gasteiger partial charge in [-0.3, -0.25) is 13.8 Å². The zero-order chi connectivity index (χ0) is 29.1. The zero-order valence-electron chi connectivity index (χ0n) is 20.8. The average Bonchev–Trinajstić information content (AvgIpc) is 2.89. The van der Waals surface area contributed by atoms with Gasteiger partial charge in [0.25, 0.3) is 15.9 Å². The summed E-state index contributed by atoms with van der Waals surface area (Å²) in [5.74, 6) is -0.428. The summed E-state index contributed by atoms with van der Waals surface area (Å²) in [6.07, 6.45) is 1.11. The lowest BCUT2D eigenvalue weighted by atomic mass is 10.1. The van der Waals surface area contributed by atoms with Gasteiger partial charge >= 0.3 is 0 Å². The molecule has 13 heteroatoms. The highest BCUT2D eigenvalue weighted by atomic mass is 35.5. The Morgan fingerprint density at radius 1 is 0.800 bits per heavy atom. The number of halogens is 3. The Bertz CT molecular complexity index is 1760. The van der Waals surface area contributed by atoms with Crippen molar-refractivity contribution in [1.82, 2.24) is 0 Å². The Morgan fingerprint density at radius 2 is 1.45 bits per heavy atom. The molecule has 0 bridgehead atoms. The molecule has 40 heavy (non-hydrogen) atoms. The van der Waals surface area contributed by atoms with E-state index in [0.29, 0.717) is 32.5 Å². The van der Waals surface area contributed by atoms with Crippen LogP contribution in [0.5, 0.6) is 0 Å². The van der Waals surface area contributed by atoms with Crippen molar-refractivity contribution in [2.24, 2.45) is 0 Å². The number of carbonyl (C=O) groups is 1. The number of benzene rings is 4. The molecule has 8 nitrogen and oxygen atoms in total. The van der Waals surface area contributed by atoms with Crippen molar-refractivity contribution < 1.29 is 21.6 Å². The second kappa shape index (κ2) is 12.1. The van der Waals surface area contributed by atoms with Crippen LogP contribution in [0.1, 0.15) is 15.9 Å². The summed E-state index contributed by atoms with van der Waals surface area (Å²) in [6, 6.07) is 23.0. The summed E-state index contributed by atoms with van der Waals surface area (Å²) in [6.45, 7) is 0.0479. The number of amides is 1. The monoisotopic (exact) mass is 637 g/mol. The summed E-state index contributed by atoms with van der Waals surface area (Å²) in [5.41, 5.74) is 1.97. The third kappa shape index (κ3) is 7.47. The van der Waals surface area contributed by atoms with Crippen LogP contribution in [-0.2, 0) is 26.6 Å². The van der Waals surface area contributed by atoms with Gasteiger partial charge in [-0.05, 0) is 78.4 Å². The summed E-state index contributed by atoms with van der Waals surface area (Å²) in [5, 5.41) is 3.64. The molecule has 0 radical (unpaired) electrons. The van der Waals surface area contributed by atoms with Crippen molar-refractivity contribution in [3.63, 3.8) is 0 Å². The van der Waals surface area contributed by atoms with Gasteiger partial charge in [0.15, 0.2) is 0 Å². The Hall–Kier alpha value is -3.28. The van der Waals surface area contributed by atoms with Gasteiger partial charge in [0.1, 0.15) is 0 Å². The molecule has 4 aromatic rings. The van der Waals surface area contributed by atoms with Gasteiger partial charge in [0, 0.05) is 21.3 Å². The number of nitrogens with zero attached hydrogens (tertiary/aromatic N) is 1. The number of sulfonamides is 2. The highest BCUT2D eigenvalue weighted by Crippen LogP contribution is 2.28. The molecule has 0 fully saturated rings. The lowest BCUT2D eigenvalue weighted by Crippen LogP contribution is -2.29. The third-order valence-electron chi connectivity index (χ3n) is 5.64. The number of anilines is 3. The number of hydrogen-bond donors (Lipinski definition) is 2. The van der Waals surface area contributed by atoms with E-state index in [0.717, 1.165) is 6.26 Å². The predicted octanol–water partition coefficient (Wildman–Crippen LogP) is 6.67. The topological polar surface area (TPSA) is 113 Å². The van der Waals surface area contributed by atoms with Gasteiger partial charge in [-0.15, -0.1) is 0 Å². The molecule has 0 spiro atoms. The molecule has 0 heterocycles. The van der Waals surface area contributed by atoms with Crippen LogP contribution in [0.2, 0.25) is 15.1 Å². The van der Waals surface area contributed by atoms with Crippen LogP contribution < -0.4 is 14.3 Å². The maximum absolute atomic E-state index is 12.8. The lowest BCUT2D eigenvalue weighted by molar-refractivity contribution is 0.102. The van der Waals surface area contributed by atoms with E-state index in [1.807, 2.05) is 0 Å². The molecule has 4 aromatic carbocycles. The molecule has 208 valence electrons. The molecule has 0 aliphatic heterocycles. The van der Waals surface area contributed by atoms with Gasteiger partial charge in [0.2, 0.25) is 10.0 Å². The zero-order valence-corrected chi connectivity index (χ0v) is 24.7. The molecular weight excluding hydrogens is 617 g/mol. The minimum Gasteiger partial charge on any atom is -0.322 e. The van der Waals surface area contributed by atoms with Crippen molar-refractivity contribution in [2.75, 3.05) is 20.6 Å². The molecule has 2 N–H and O–H groups in total. The van der Waals surface area contributed by atoms with Crippen molar-refractivity contribution >= 4 is 77.8 Å². The molecule has 0 aliphatic carbocycles. The highest BCUT2D eigenvalue weighted by Gasteiger charge is 2.19. The molecule has 0 aliphatic rings. The fourth-order valence-corrected chi connectivity index (χ4v) is 6.31. The Labute approximate surface area is 247 Å². The normalized spacial score (nSPS) is 11.6. The van der Waals surface area contributed by atoms with Crippen LogP contribution in [-0.4, -0.2) is 29.0 Å². The molecule has 4 rings (SSSR count). The van der Waals surface area contributed by atoms with E-state index in [-0.39, 0.29) is 22.2 Å². The minimum atomic E-state index is -3.94. The summed E-state index contributed by atoms with van der Waals surface area (Å²) >= 11 is 17.9. The van der Waals surface area contributed by atoms with Gasteiger partial charge in [-0.2, -0.15) is 0 Å². The Balaban J connectivity index is 1.43. The summed E-state index contributed by atoms with van der Waals surface area (Å²) in [4.78, 5) is 12.7. The van der Waals surface area contributed by atoms with Crippen LogP contribution in [0.3, 0.4) is 0 Å². The van der Waals surface area contributed by atoms with Gasteiger partial charge in [-0.1, -0.05) is 53.0 Å². The van der Waals surface area contributed by atoms with E-state index >= 15 is 0 Å². The van der Waals surface area contributed by atoms with Gasteiger partial charge in [-0.25, -0.2) is 16.8 Å². The molecule has 1 amide bonds. The van der Waals surface area contributed by atoms with E-state index < -0.39 is 26.0 Å².